The van der Waals surface area contributed by atoms with Crippen LogP contribution in [-0.2, 0) is 4.79 Å². The Kier molecular flexibility index (Phi) is 3.52. The normalized spacial score (nSPS) is 20.2. The first-order valence-corrected chi connectivity index (χ1v) is 6.71. The van der Waals surface area contributed by atoms with Gasteiger partial charge in [0.25, 0.3) is 0 Å². The summed E-state index contributed by atoms with van der Waals surface area (Å²) in [5.74, 6) is 0.593. The minimum atomic E-state index is -0.0550. The number of carbonyl (C=O) groups is 1. The van der Waals surface area contributed by atoms with E-state index in [0.717, 1.165) is 6.42 Å². The second kappa shape index (κ2) is 5.46. The van der Waals surface area contributed by atoms with Gasteiger partial charge in [0.05, 0.1) is 0 Å². The lowest BCUT2D eigenvalue weighted by Crippen LogP contribution is -2.31. The van der Waals surface area contributed by atoms with Gasteiger partial charge in [0, 0.05) is 18.3 Å². The number of aromatic nitrogens is 2. The number of amides is 1. The second-order valence-corrected chi connectivity index (χ2v) is 5.03. The highest BCUT2D eigenvalue weighted by Gasteiger charge is 2.43. The van der Waals surface area contributed by atoms with Crippen molar-refractivity contribution in [3.63, 3.8) is 0 Å². The van der Waals surface area contributed by atoms with E-state index in [9.17, 15) is 4.79 Å². The highest BCUT2D eigenvalue weighted by atomic mass is 35.5. The van der Waals surface area contributed by atoms with Crippen molar-refractivity contribution in [2.45, 2.75) is 12.3 Å². The lowest BCUT2D eigenvalue weighted by atomic mass is 10.1. The number of rotatable bonds is 4. The van der Waals surface area contributed by atoms with Gasteiger partial charge in [-0.15, -0.1) is 0 Å². The average molecular weight is 289 g/mol. The van der Waals surface area contributed by atoms with Gasteiger partial charge in [-0.2, -0.15) is 0 Å². The number of hydrazine groups is 1. The molecule has 0 spiro atoms. The van der Waals surface area contributed by atoms with E-state index in [0.29, 0.717) is 11.7 Å². The van der Waals surface area contributed by atoms with Gasteiger partial charge in [-0.1, -0.05) is 41.9 Å². The zero-order chi connectivity index (χ0) is 13.9. The van der Waals surface area contributed by atoms with Gasteiger partial charge >= 0.3 is 0 Å². The van der Waals surface area contributed by atoms with Gasteiger partial charge in [0.1, 0.15) is 0 Å². The van der Waals surface area contributed by atoms with Gasteiger partial charge in [0.15, 0.2) is 11.0 Å². The first-order valence-electron chi connectivity index (χ1n) is 6.33. The molecule has 0 radical (unpaired) electrons. The highest BCUT2D eigenvalue weighted by molar-refractivity contribution is 6.31. The number of benzene rings is 1. The number of hydrogen-bond donors (Lipinski definition) is 2. The third kappa shape index (κ3) is 2.72. The summed E-state index contributed by atoms with van der Waals surface area (Å²) in [7, 11) is 0. The molecule has 1 fully saturated rings. The van der Waals surface area contributed by atoms with Gasteiger partial charge < -0.3 is 0 Å². The van der Waals surface area contributed by atoms with E-state index in [2.05, 4.69) is 20.8 Å². The molecule has 2 N–H and O–H groups in total. The molecule has 2 atom stereocenters. The third-order valence-corrected chi connectivity index (χ3v) is 3.59. The van der Waals surface area contributed by atoms with E-state index in [-0.39, 0.29) is 17.0 Å². The second-order valence-electron chi connectivity index (χ2n) is 4.67. The molecule has 0 aliphatic heterocycles. The zero-order valence-corrected chi connectivity index (χ0v) is 11.3. The first kappa shape index (κ1) is 12.9. The van der Waals surface area contributed by atoms with Gasteiger partial charge in [-0.25, -0.2) is 9.97 Å². The molecule has 0 saturated heterocycles. The molecular weight excluding hydrogens is 276 g/mol. The molecule has 3 rings (SSSR count). The van der Waals surface area contributed by atoms with E-state index in [4.69, 9.17) is 11.6 Å². The number of carbonyl (C=O) groups excluding carboxylic acids is 1. The monoisotopic (exact) mass is 288 g/mol. The molecule has 1 heterocycles. The molecule has 0 unspecified atom stereocenters. The summed E-state index contributed by atoms with van der Waals surface area (Å²) in [5, 5.41) is 0.225. The SMILES string of the molecule is O=C(NNc1nccnc1Cl)[C@@H]1C[C@@H]1c1ccccc1. The van der Waals surface area contributed by atoms with Crippen molar-refractivity contribution in [1.82, 2.24) is 15.4 Å². The molecular formula is C14H13ClN4O. The topological polar surface area (TPSA) is 66.9 Å². The predicted octanol–water partition coefficient (Wildman–Crippen LogP) is 2.38. The lowest BCUT2D eigenvalue weighted by Gasteiger charge is -2.08. The summed E-state index contributed by atoms with van der Waals surface area (Å²) in [6.07, 6.45) is 3.86. The van der Waals surface area contributed by atoms with Crippen LogP contribution >= 0.6 is 11.6 Å². The minimum absolute atomic E-state index is 0.000321. The molecule has 5 nitrogen and oxygen atoms in total. The van der Waals surface area contributed by atoms with E-state index in [1.54, 1.807) is 0 Å². The van der Waals surface area contributed by atoms with Crippen LogP contribution in [0.2, 0.25) is 5.15 Å². The molecule has 6 heteroatoms. The molecule has 1 amide bonds. The molecule has 1 aromatic heterocycles. The van der Waals surface area contributed by atoms with Crippen LogP contribution in [0.15, 0.2) is 42.7 Å². The van der Waals surface area contributed by atoms with Gasteiger partial charge in [-0.3, -0.25) is 15.6 Å². The number of anilines is 1. The summed E-state index contributed by atoms with van der Waals surface area (Å²) in [6.45, 7) is 0. The Morgan fingerprint density at radius 3 is 2.70 bits per heavy atom. The van der Waals surface area contributed by atoms with Crippen LogP contribution in [0.25, 0.3) is 0 Å². The van der Waals surface area contributed by atoms with E-state index in [1.165, 1.54) is 18.0 Å². The molecule has 102 valence electrons. The van der Waals surface area contributed by atoms with Crippen molar-refractivity contribution >= 4 is 23.3 Å². The molecule has 1 aliphatic carbocycles. The van der Waals surface area contributed by atoms with Crippen molar-refractivity contribution < 1.29 is 4.79 Å². The van der Waals surface area contributed by atoms with Crippen LogP contribution in [0.4, 0.5) is 5.82 Å². The Hall–Kier alpha value is -2.14. The van der Waals surface area contributed by atoms with Crippen LogP contribution in [0, 0.1) is 5.92 Å². The fourth-order valence-electron chi connectivity index (χ4n) is 2.17. The minimum Gasteiger partial charge on any atom is -0.279 e. The van der Waals surface area contributed by atoms with E-state index >= 15 is 0 Å². The Morgan fingerprint density at radius 1 is 1.20 bits per heavy atom. The highest BCUT2D eigenvalue weighted by Crippen LogP contribution is 2.47. The maximum Gasteiger partial charge on any atom is 0.242 e. The quantitative estimate of drug-likeness (QED) is 0.848. The number of hydrogen-bond acceptors (Lipinski definition) is 4. The summed E-state index contributed by atoms with van der Waals surface area (Å²) >= 11 is 5.84. The predicted molar refractivity (Wildman–Crippen MR) is 76.1 cm³/mol. The van der Waals surface area contributed by atoms with E-state index in [1.807, 2.05) is 30.3 Å². The molecule has 1 aromatic carbocycles. The Morgan fingerprint density at radius 2 is 1.95 bits per heavy atom. The van der Waals surface area contributed by atoms with Crippen LogP contribution in [-0.4, -0.2) is 15.9 Å². The molecule has 20 heavy (non-hydrogen) atoms. The van der Waals surface area contributed by atoms with Crippen molar-refractivity contribution in [3.05, 3.63) is 53.4 Å². The van der Waals surface area contributed by atoms with Gasteiger partial charge in [-0.05, 0) is 17.9 Å². The summed E-state index contributed by atoms with van der Waals surface area (Å²) in [4.78, 5) is 19.9. The largest absolute Gasteiger partial charge is 0.279 e. The number of nitrogens with zero attached hydrogens (tertiary/aromatic N) is 2. The van der Waals surface area contributed by atoms with Crippen LogP contribution in [0.3, 0.4) is 0 Å². The maximum absolute atomic E-state index is 12.0. The van der Waals surface area contributed by atoms with Crippen molar-refractivity contribution in [2.24, 2.45) is 5.92 Å². The van der Waals surface area contributed by atoms with Crippen molar-refractivity contribution in [1.29, 1.82) is 0 Å². The number of nitrogens with one attached hydrogen (secondary N) is 2. The first-order chi connectivity index (χ1) is 9.75. The number of halogens is 1. The third-order valence-electron chi connectivity index (χ3n) is 3.31. The molecule has 1 saturated carbocycles. The van der Waals surface area contributed by atoms with Crippen molar-refractivity contribution in [2.75, 3.05) is 5.43 Å². The zero-order valence-electron chi connectivity index (χ0n) is 10.6. The summed E-state index contributed by atoms with van der Waals surface area (Å²) in [6, 6.07) is 10.0. The maximum atomic E-state index is 12.0. The fraction of sp³-hybridized carbons (Fsp3) is 0.214. The van der Waals surface area contributed by atoms with Crippen LogP contribution in [0.1, 0.15) is 17.9 Å². The molecule has 0 bridgehead atoms. The van der Waals surface area contributed by atoms with Gasteiger partial charge in [0.2, 0.25) is 5.91 Å². The Balaban J connectivity index is 1.56. The van der Waals surface area contributed by atoms with Crippen LogP contribution < -0.4 is 10.9 Å². The van der Waals surface area contributed by atoms with E-state index < -0.39 is 0 Å². The average Bonchev–Trinajstić information content (AvgIpc) is 3.28. The molecule has 2 aromatic rings. The fourth-order valence-corrected chi connectivity index (χ4v) is 2.32. The molecule has 1 aliphatic rings. The van der Waals surface area contributed by atoms with Crippen LogP contribution in [0.5, 0.6) is 0 Å². The Labute approximate surface area is 121 Å². The Bertz CT molecular complexity index is 620. The van der Waals surface area contributed by atoms with Crippen molar-refractivity contribution in [3.8, 4) is 0 Å². The standard InChI is InChI=1S/C14H13ClN4O/c15-12-13(17-7-6-16-12)18-19-14(20)11-8-10(11)9-4-2-1-3-5-9/h1-7,10-11H,8H2,(H,17,18)(H,19,20)/t10-,11-/m1/s1. The smallest absolute Gasteiger partial charge is 0.242 e. The lowest BCUT2D eigenvalue weighted by molar-refractivity contribution is -0.121. The summed E-state index contributed by atoms with van der Waals surface area (Å²) in [5.41, 5.74) is 6.53. The summed E-state index contributed by atoms with van der Waals surface area (Å²) < 4.78 is 0.